The summed E-state index contributed by atoms with van der Waals surface area (Å²) < 4.78 is 5.43. The lowest BCUT2D eigenvalue weighted by Crippen LogP contribution is -2.51. The van der Waals surface area contributed by atoms with Crippen molar-refractivity contribution in [2.24, 2.45) is 0 Å². The van der Waals surface area contributed by atoms with Crippen LogP contribution in [0, 0.1) is 0 Å². The van der Waals surface area contributed by atoms with E-state index in [1.54, 1.807) is 0 Å². The van der Waals surface area contributed by atoms with Crippen molar-refractivity contribution in [1.29, 1.82) is 0 Å². The summed E-state index contributed by atoms with van der Waals surface area (Å²) in [6.07, 6.45) is 4.74. The maximum absolute atomic E-state index is 11.3. The van der Waals surface area contributed by atoms with E-state index in [2.05, 4.69) is 31.1 Å². The van der Waals surface area contributed by atoms with E-state index in [4.69, 9.17) is 4.74 Å². The third kappa shape index (κ3) is 4.48. The maximum atomic E-state index is 11.3. The van der Waals surface area contributed by atoms with Gasteiger partial charge in [0.25, 0.3) is 0 Å². The quantitative estimate of drug-likeness (QED) is 0.658. The van der Waals surface area contributed by atoms with Gasteiger partial charge in [-0.05, 0) is 18.9 Å². The molecule has 1 rings (SSSR count). The predicted molar refractivity (Wildman–Crippen MR) is 68.9 cm³/mol. The summed E-state index contributed by atoms with van der Waals surface area (Å²) in [5.41, 5.74) is 0. The maximum Gasteiger partial charge on any atom is 0.243 e. The summed E-state index contributed by atoms with van der Waals surface area (Å²) in [6.45, 7) is 9.08. The smallest absolute Gasteiger partial charge is 0.243 e. The van der Waals surface area contributed by atoms with E-state index in [0.29, 0.717) is 19.3 Å². The molecule has 0 radical (unpaired) electrons. The molecular formula is C13H24N2O2. The highest BCUT2D eigenvalue weighted by Gasteiger charge is 2.30. The van der Waals surface area contributed by atoms with Crippen LogP contribution < -0.4 is 10.6 Å². The predicted octanol–water partition coefficient (Wildman–Crippen LogP) is 1.22. The lowest BCUT2D eigenvalue weighted by atomic mass is 10.1. The summed E-state index contributed by atoms with van der Waals surface area (Å²) >= 11 is 0. The minimum absolute atomic E-state index is 0.0615. The zero-order valence-corrected chi connectivity index (χ0v) is 10.9. The van der Waals surface area contributed by atoms with Gasteiger partial charge in [0.15, 0.2) is 0 Å². The van der Waals surface area contributed by atoms with Crippen molar-refractivity contribution in [2.75, 3.05) is 13.2 Å². The van der Waals surface area contributed by atoms with Gasteiger partial charge >= 0.3 is 0 Å². The molecule has 1 heterocycles. The Balaban J connectivity index is 2.44. The van der Waals surface area contributed by atoms with Crippen molar-refractivity contribution in [3.63, 3.8) is 0 Å². The van der Waals surface area contributed by atoms with Crippen molar-refractivity contribution in [1.82, 2.24) is 10.6 Å². The van der Waals surface area contributed by atoms with Crippen LogP contribution >= 0.6 is 0 Å². The van der Waals surface area contributed by atoms with Crippen LogP contribution in [0.5, 0.6) is 0 Å². The second kappa shape index (κ2) is 7.45. The van der Waals surface area contributed by atoms with E-state index in [1.807, 2.05) is 0 Å². The third-order valence-electron chi connectivity index (χ3n) is 3.17. The van der Waals surface area contributed by atoms with Crippen LogP contribution in [0.2, 0.25) is 0 Å². The molecule has 0 bridgehead atoms. The van der Waals surface area contributed by atoms with Gasteiger partial charge in [-0.15, -0.1) is 0 Å². The lowest BCUT2D eigenvalue weighted by Gasteiger charge is -2.25. The molecule has 3 atom stereocenters. The van der Waals surface area contributed by atoms with Gasteiger partial charge in [-0.25, -0.2) is 0 Å². The molecule has 2 N–H and O–H groups in total. The zero-order chi connectivity index (χ0) is 12.7. The first-order valence-corrected chi connectivity index (χ1v) is 6.47. The average Bonchev–Trinajstić information content (AvgIpc) is 2.75. The van der Waals surface area contributed by atoms with Gasteiger partial charge in [0.2, 0.25) is 5.91 Å². The first-order valence-electron chi connectivity index (χ1n) is 6.47. The summed E-state index contributed by atoms with van der Waals surface area (Å²) in [7, 11) is 0. The van der Waals surface area contributed by atoms with E-state index in [1.165, 1.54) is 12.5 Å². The summed E-state index contributed by atoms with van der Waals surface area (Å²) in [6, 6.07) is 0.789. The molecule has 0 aromatic rings. The highest BCUT2D eigenvalue weighted by molar-refractivity contribution is 5.87. The summed E-state index contributed by atoms with van der Waals surface area (Å²) in [5, 5.41) is 6.48. The molecule has 1 amide bonds. The first kappa shape index (κ1) is 14.2. The van der Waals surface area contributed by atoms with Crippen molar-refractivity contribution in [3.05, 3.63) is 12.7 Å². The minimum atomic E-state index is -0.129. The first-order chi connectivity index (χ1) is 8.21. The van der Waals surface area contributed by atoms with Gasteiger partial charge in [-0.2, -0.15) is 0 Å². The topological polar surface area (TPSA) is 50.4 Å². The van der Waals surface area contributed by atoms with Gasteiger partial charge < -0.3 is 15.4 Å². The van der Waals surface area contributed by atoms with Crippen LogP contribution in [-0.4, -0.2) is 37.2 Å². The fourth-order valence-corrected chi connectivity index (χ4v) is 2.16. The lowest BCUT2D eigenvalue weighted by molar-refractivity contribution is -0.117. The molecule has 1 saturated heterocycles. The molecule has 4 nitrogen and oxygen atoms in total. The molecule has 17 heavy (non-hydrogen) atoms. The molecule has 0 aliphatic carbocycles. The number of hydrogen-bond acceptors (Lipinski definition) is 3. The normalized spacial score (nSPS) is 25.5. The highest BCUT2D eigenvalue weighted by Crippen LogP contribution is 2.10. The van der Waals surface area contributed by atoms with Crippen LogP contribution in [0.15, 0.2) is 12.7 Å². The van der Waals surface area contributed by atoms with Crippen molar-refractivity contribution in [2.45, 2.75) is 51.2 Å². The summed E-state index contributed by atoms with van der Waals surface area (Å²) in [5.74, 6) is -0.129. The van der Waals surface area contributed by atoms with Crippen LogP contribution in [-0.2, 0) is 9.53 Å². The van der Waals surface area contributed by atoms with Gasteiger partial charge in [0.1, 0.15) is 0 Å². The molecule has 4 heteroatoms. The van der Waals surface area contributed by atoms with E-state index in [9.17, 15) is 4.79 Å². The number of ether oxygens (including phenoxy) is 1. The molecule has 1 aliphatic rings. The Bertz CT molecular complexity index is 256. The van der Waals surface area contributed by atoms with Crippen LogP contribution in [0.4, 0.5) is 0 Å². The molecule has 0 saturated carbocycles. The van der Waals surface area contributed by atoms with Crippen molar-refractivity contribution < 1.29 is 9.53 Å². The van der Waals surface area contributed by atoms with Gasteiger partial charge in [-0.3, -0.25) is 4.79 Å². The largest absolute Gasteiger partial charge is 0.378 e. The molecule has 0 aromatic heterocycles. The minimum Gasteiger partial charge on any atom is -0.378 e. The fraction of sp³-hybridized carbons (Fsp3) is 0.769. The van der Waals surface area contributed by atoms with E-state index in [-0.39, 0.29) is 18.0 Å². The SMILES string of the molecule is C=CC(=O)N[C@H]1COC[C@H]1NC(CC)CCC. The molecule has 98 valence electrons. The molecule has 1 aliphatic heterocycles. The van der Waals surface area contributed by atoms with Crippen LogP contribution in [0.3, 0.4) is 0 Å². The Labute approximate surface area is 104 Å². The number of hydrogen-bond donors (Lipinski definition) is 2. The third-order valence-corrected chi connectivity index (χ3v) is 3.17. The van der Waals surface area contributed by atoms with Gasteiger partial charge in [0.05, 0.1) is 25.3 Å². The number of rotatable bonds is 7. The Kier molecular flexibility index (Phi) is 6.22. The van der Waals surface area contributed by atoms with E-state index >= 15 is 0 Å². The Hall–Kier alpha value is -0.870. The molecule has 0 spiro atoms. The zero-order valence-electron chi connectivity index (χ0n) is 10.9. The number of nitrogens with one attached hydrogen (secondary N) is 2. The second-order valence-electron chi connectivity index (χ2n) is 4.52. The average molecular weight is 240 g/mol. The van der Waals surface area contributed by atoms with Gasteiger partial charge in [-0.1, -0.05) is 26.8 Å². The Morgan fingerprint density at radius 1 is 1.47 bits per heavy atom. The molecule has 0 aromatic carbocycles. The van der Waals surface area contributed by atoms with Gasteiger partial charge in [0, 0.05) is 6.04 Å². The van der Waals surface area contributed by atoms with Crippen LogP contribution in [0.1, 0.15) is 33.1 Å². The number of carbonyl (C=O) groups is 1. The van der Waals surface area contributed by atoms with Crippen LogP contribution in [0.25, 0.3) is 0 Å². The standard InChI is InChI=1S/C13H24N2O2/c1-4-7-10(5-2)14-11-8-17-9-12(11)15-13(16)6-3/h6,10-12,14H,3-5,7-9H2,1-2H3,(H,15,16)/t10?,11-,12+/m1/s1. The Morgan fingerprint density at radius 2 is 2.18 bits per heavy atom. The second-order valence-corrected chi connectivity index (χ2v) is 4.52. The van der Waals surface area contributed by atoms with E-state index < -0.39 is 0 Å². The molecular weight excluding hydrogens is 216 g/mol. The monoisotopic (exact) mass is 240 g/mol. The molecule has 1 unspecified atom stereocenters. The highest BCUT2D eigenvalue weighted by atomic mass is 16.5. The fourth-order valence-electron chi connectivity index (χ4n) is 2.16. The van der Waals surface area contributed by atoms with Crippen molar-refractivity contribution >= 4 is 5.91 Å². The molecule has 1 fully saturated rings. The summed E-state index contributed by atoms with van der Waals surface area (Å²) in [4.78, 5) is 11.3. The van der Waals surface area contributed by atoms with Crippen molar-refractivity contribution in [3.8, 4) is 0 Å². The Morgan fingerprint density at radius 3 is 2.76 bits per heavy atom. The van der Waals surface area contributed by atoms with E-state index in [0.717, 1.165) is 12.8 Å². The number of carbonyl (C=O) groups excluding carboxylic acids is 1. The number of amides is 1.